The van der Waals surface area contributed by atoms with E-state index in [-0.39, 0.29) is 28.7 Å². The second-order valence-electron chi connectivity index (χ2n) is 8.76. The fourth-order valence-electron chi connectivity index (χ4n) is 4.14. The number of carbonyl (C=O) groups excluding carboxylic acids is 2. The molecule has 9 nitrogen and oxygen atoms in total. The minimum atomic E-state index is -5.03. The summed E-state index contributed by atoms with van der Waals surface area (Å²) in [5.41, 5.74) is 0.604. The lowest BCUT2D eigenvalue weighted by Gasteiger charge is -2.39. The fourth-order valence-corrected chi connectivity index (χ4v) is 4.75. The van der Waals surface area contributed by atoms with E-state index in [0.29, 0.717) is 23.4 Å². The highest BCUT2D eigenvalue weighted by Gasteiger charge is 2.34. The summed E-state index contributed by atoms with van der Waals surface area (Å²) in [6.45, 7) is 0.977. The summed E-state index contributed by atoms with van der Waals surface area (Å²) in [6, 6.07) is 9.02. The lowest BCUT2D eigenvalue weighted by molar-refractivity contribution is 0.0950. The number of halogens is 4. The van der Waals surface area contributed by atoms with Crippen molar-refractivity contribution in [1.82, 2.24) is 10.2 Å². The highest BCUT2D eigenvalue weighted by molar-refractivity contribution is 7.46. The molecule has 0 fully saturated rings. The number of nitrogens with zero attached hydrogens (tertiary/aromatic N) is 2. The van der Waals surface area contributed by atoms with Crippen molar-refractivity contribution in [2.24, 2.45) is 0 Å². The minimum absolute atomic E-state index is 0.0604. The van der Waals surface area contributed by atoms with Crippen LogP contribution in [0.2, 0.25) is 5.02 Å². The summed E-state index contributed by atoms with van der Waals surface area (Å²) in [7, 11) is -3.44. The summed E-state index contributed by atoms with van der Waals surface area (Å²) in [5.74, 6) is -4.44. The van der Waals surface area contributed by atoms with Gasteiger partial charge in [0.15, 0.2) is 0 Å². The highest BCUT2D eigenvalue weighted by Crippen LogP contribution is 2.39. The number of phosphoric ester groups is 1. The molecule has 1 aliphatic heterocycles. The van der Waals surface area contributed by atoms with Crippen LogP contribution in [-0.4, -0.2) is 33.7 Å². The third-order valence-electron chi connectivity index (χ3n) is 6.29. The summed E-state index contributed by atoms with van der Waals surface area (Å²) in [5, 5.41) is 2.50. The Labute approximate surface area is 226 Å². The van der Waals surface area contributed by atoms with E-state index in [9.17, 15) is 27.3 Å². The predicted molar refractivity (Wildman–Crippen MR) is 136 cm³/mol. The standard InChI is InChI=1S/C25H22ClF3N3O6P/c1-13-16-7-6-14(24(33)30-11-17-21(28)9-15(10-22(17)29)38-39(35,36)37)8-23(16)32(25(34)31(13)2)12-18-19(26)4-3-5-20(18)27/h3-10,13H,11-12H2,1-2H3,(H,30,33)(H2,35,36,37)/t13-/m0/s1. The molecule has 4 rings (SSSR count). The van der Waals surface area contributed by atoms with Gasteiger partial charge in [0.1, 0.15) is 23.2 Å². The van der Waals surface area contributed by atoms with E-state index in [0.717, 1.165) is 0 Å². The number of amides is 3. The molecule has 0 saturated carbocycles. The Morgan fingerprint density at radius 2 is 1.74 bits per heavy atom. The Kier molecular flexibility index (Phi) is 7.94. The third-order valence-corrected chi connectivity index (χ3v) is 7.09. The number of hydrogen-bond donors (Lipinski definition) is 3. The Balaban J connectivity index is 1.60. The molecule has 0 saturated heterocycles. The van der Waals surface area contributed by atoms with Crippen LogP contribution < -0.4 is 14.7 Å². The van der Waals surface area contributed by atoms with E-state index in [4.69, 9.17) is 21.4 Å². The number of anilines is 1. The van der Waals surface area contributed by atoms with Gasteiger partial charge in [-0.1, -0.05) is 23.7 Å². The van der Waals surface area contributed by atoms with Gasteiger partial charge in [0.25, 0.3) is 5.91 Å². The van der Waals surface area contributed by atoms with Crippen molar-refractivity contribution < 1.29 is 41.6 Å². The molecule has 3 aromatic carbocycles. The van der Waals surface area contributed by atoms with Gasteiger partial charge in [-0.2, -0.15) is 0 Å². The monoisotopic (exact) mass is 583 g/mol. The second-order valence-corrected chi connectivity index (χ2v) is 10.3. The first-order valence-corrected chi connectivity index (χ1v) is 13.3. The van der Waals surface area contributed by atoms with Crippen molar-refractivity contribution in [3.05, 3.63) is 93.3 Å². The Bertz CT molecular complexity index is 1480. The van der Waals surface area contributed by atoms with Crippen LogP contribution in [0.5, 0.6) is 5.75 Å². The van der Waals surface area contributed by atoms with Gasteiger partial charge in [-0.05, 0) is 36.8 Å². The van der Waals surface area contributed by atoms with Crippen molar-refractivity contribution >= 4 is 37.0 Å². The lowest BCUT2D eigenvalue weighted by atomic mass is 9.98. The first kappa shape index (κ1) is 28.4. The molecule has 0 bridgehead atoms. The Morgan fingerprint density at radius 3 is 2.36 bits per heavy atom. The van der Waals surface area contributed by atoms with Crippen LogP contribution in [0.3, 0.4) is 0 Å². The van der Waals surface area contributed by atoms with Crippen LogP contribution in [-0.2, 0) is 17.7 Å². The zero-order chi connectivity index (χ0) is 28.6. The molecule has 14 heteroatoms. The minimum Gasteiger partial charge on any atom is -0.404 e. The Hall–Kier alpha value is -3.57. The van der Waals surface area contributed by atoms with Crippen molar-refractivity contribution in [2.45, 2.75) is 26.1 Å². The number of fused-ring (bicyclic) bond motifs is 1. The molecule has 0 aromatic heterocycles. The molecule has 1 atom stereocenters. The van der Waals surface area contributed by atoms with Gasteiger partial charge in [0.05, 0.1) is 18.3 Å². The number of carbonyl (C=O) groups is 2. The first-order valence-electron chi connectivity index (χ1n) is 11.4. The molecule has 0 spiro atoms. The normalized spacial score (nSPS) is 15.3. The zero-order valence-electron chi connectivity index (χ0n) is 20.5. The van der Waals surface area contributed by atoms with E-state index < -0.39 is 55.1 Å². The number of nitrogens with one attached hydrogen (secondary N) is 1. The quantitative estimate of drug-likeness (QED) is 0.325. The van der Waals surface area contributed by atoms with Crippen molar-refractivity contribution in [3.8, 4) is 5.75 Å². The first-order chi connectivity index (χ1) is 18.3. The number of phosphoric acid groups is 1. The number of benzene rings is 3. The molecular weight excluding hydrogens is 562 g/mol. The third kappa shape index (κ3) is 6.04. The second kappa shape index (κ2) is 10.9. The molecule has 0 unspecified atom stereocenters. The van der Waals surface area contributed by atoms with Gasteiger partial charge in [0, 0.05) is 47.4 Å². The molecular formula is C25H22ClF3N3O6P. The summed E-state index contributed by atoms with van der Waals surface area (Å²) >= 11 is 6.17. The van der Waals surface area contributed by atoms with Crippen LogP contribution in [0.1, 0.15) is 40.0 Å². The maximum atomic E-state index is 14.5. The highest BCUT2D eigenvalue weighted by atomic mass is 35.5. The van der Waals surface area contributed by atoms with Gasteiger partial charge in [-0.25, -0.2) is 22.5 Å². The maximum Gasteiger partial charge on any atom is 0.524 e. The molecule has 0 radical (unpaired) electrons. The van der Waals surface area contributed by atoms with Crippen LogP contribution in [0.15, 0.2) is 48.5 Å². The number of hydrogen-bond acceptors (Lipinski definition) is 4. The largest absolute Gasteiger partial charge is 0.524 e. The molecule has 3 amide bonds. The van der Waals surface area contributed by atoms with E-state index in [2.05, 4.69) is 9.84 Å². The van der Waals surface area contributed by atoms with E-state index >= 15 is 0 Å². The van der Waals surface area contributed by atoms with E-state index in [1.165, 1.54) is 40.1 Å². The molecule has 0 aliphatic carbocycles. The van der Waals surface area contributed by atoms with Crippen LogP contribution in [0.25, 0.3) is 0 Å². The van der Waals surface area contributed by atoms with E-state index in [1.54, 1.807) is 20.0 Å². The van der Waals surface area contributed by atoms with E-state index in [1.807, 2.05) is 0 Å². The molecule has 1 aliphatic rings. The van der Waals surface area contributed by atoms with Gasteiger partial charge < -0.3 is 14.7 Å². The van der Waals surface area contributed by atoms with Crippen molar-refractivity contribution in [3.63, 3.8) is 0 Å². The fraction of sp³-hybridized carbons (Fsp3) is 0.200. The summed E-state index contributed by atoms with van der Waals surface area (Å²) < 4.78 is 58.4. The SMILES string of the molecule is C[C@H]1c2ccc(C(=O)NCc3c(F)cc(OP(=O)(O)O)cc3F)cc2N(Cc2c(F)cccc2Cl)C(=O)N1C. The van der Waals surface area contributed by atoms with Crippen LogP contribution in [0, 0.1) is 17.5 Å². The van der Waals surface area contributed by atoms with Crippen molar-refractivity contribution in [1.29, 1.82) is 0 Å². The summed E-state index contributed by atoms with van der Waals surface area (Å²) in [4.78, 5) is 46.4. The molecule has 206 valence electrons. The topological polar surface area (TPSA) is 119 Å². The van der Waals surface area contributed by atoms with Gasteiger partial charge >= 0.3 is 13.9 Å². The predicted octanol–water partition coefficient (Wildman–Crippen LogP) is 5.29. The van der Waals surface area contributed by atoms with Crippen molar-refractivity contribution in [2.75, 3.05) is 11.9 Å². The zero-order valence-corrected chi connectivity index (χ0v) is 22.1. The van der Waals surface area contributed by atoms with Crippen LogP contribution in [0.4, 0.5) is 23.7 Å². The van der Waals surface area contributed by atoms with Gasteiger partial charge in [-0.15, -0.1) is 0 Å². The number of urea groups is 1. The molecule has 1 heterocycles. The molecule has 3 N–H and O–H groups in total. The number of rotatable bonds is 7. The van der Waals surface area contributed by atoms with Gasteiger partial charge in [-0.3, -0.25) is 19.5 Å². The molecule has 3 aromatic rings. The molecule has 39 heavy (non-hydrogen) atoms. The Morgan fingerprint density at radius 1 is 1.08 bits per heavy atom. The maximum absolute atomic E-state index is 14.5. The van der Waals surface area contributed by atoms with Gasteiger partial charge in [0.2, 0.25) is 0 Å². The average Bonchev–Trinajstić information content (AvgIpc) is 2.84. The summed E-state index contributed by atoms with van der Waals surface area (Å²) in [6.07, 6.45) is 0. The van der Waals surface area contributed by atoms with Crippen LogP contribution >= 0.6 is 19.4 Å². The smallest absolute Gasteiger partial charge is 0.404 e. The lowest BCUT2D eigenvalue weighted by Crippen LogP contribution is -2.46. The average molecular weight is 584 g/mol.